The van der Waals surface area contributed by atoms with Crippen LogP contribution in [0.4, 0.5) is 0 Å². The van der Waals surface area contributed by atoms with Crippen molar-refractivity contribution in [2.24, 2.45) is 5.92 Å². The summed E-state index contributed by atoms with van der Waals surface area (Å²) in [5.74, 6) is 0.943. The quantitative estimate of drug-likeness (QED) is 0.901. The van der Waals surface area contributed by atoms with Gasteiger partial charge in [0.1, 0.15) is 0 Å². The Morgan fingerprint density at radius 3 is 3.05 bits per heavy atom. The lowest BCUT2D eigenvalue weighted by Gasteiger charge is -2.24. The van der Waals surface area contributed by atoms with Crippen LogP contribution in [0.1, 0.15) is 53.8 Å². The van der Waals surface area contributed by atoms with Crippen molar-refractivity contribution in [3.05, 3.63) is 21.4 Å². The van der Waals surface area contributed by atoms with Gasteiger partial charge in [-0.2, -0.15) is 0 Å². The van der Waals surface area contributed by atoms with E-state index in [0.29, 0.717) is 12.6 Å². The van der Waals surface area contributed by atoms with Crippen molar-refractivity contribution in [2.45, 2.75) is 70.0 Å². The lowest BCUT2D eigenvalue weighted by Crippen LogP contribution is -2.42. The molecule has 1 saturated heterocycles. The van der Waals surface area contributed by atoms with Crippen LogP contribution in [0.3, 0.4) is 0 Å². The highest BCUT2D eigenvalue weighted by Gasteiger charge is 2.38. The second kappa shape index (κ2) is 5.73. The molecule has 21 heavy (non-hydrogen) atoms. The number of rotatable bonds is 3. The number of thiophene rings is 1. The molecule has 3 aliphatic rings. The van der Waals surface area contributed by atoms with E-state index in [4.69, 9.17) is 0 Å². The summed E-state index contributed by atoms with van der Waals surface area (Å²) in [5, 5.41) is 6.71. The van der Waals surface area contributed by atoms with Crippen LogP contribution < -0.4 is 10.6 Å². The van der Waals surface area contributed by atoms with Crippen molar-refractivity contribution < 1.29 is 4.79 Å². The first-order chi connectivity index (χ1) is 10.3. The van der Waals surface area contributed by atoms with Gasteiger partial charge >= 0.3 is 0 Å². The Labute approximate surface area is 130 Å². The number of carbonyl (C=O) groups is 1. The van der Waals surface area contributed by atoms with Gasteiger partial charge in [-0.25, -0.2) is 0 Å². The van der Waals surface area contributed by atoms with Crippen molar-refractivity contribution in [3.63, 3.8) is 0 Å². The summed E-state index contributed by atoms with van der Waals surface area (Å²) in [6.45, 7) is 0.712. The van der Waals surface area contributed by atoms with E-state index in [0.717, 1.165) is 12.3 Å². The first-order valence-corrected chi connectivity index (χ1v) is 9.25. The number of carbonyl (C=O) groups excluding carboxylic acids is 1. The third kappa shape index (κ3) is 2.76. The first-order valence-electron chi connectivity index (χ1n) is 8.44. The number of fused-ring (bicyclic) bond motifs is 2. The second-order valence-corrected chi connectivity index (χ2v) is 8.06. The van der Waals surface area contributed by atoms with Crippen molar-refractivity contribution in [1.82, 2.24) is 10.6 Å². The maximum absolute atomic E-state index is 12.4. The predicted molar refractivity (Wildman–Crippen MR) is 85.5 cm³/mol. The zero-order chi connectivity index (χ0) is 14.2. The maximum atomic E-state index is 12.4. The molecule has 3 unspecified atom stereocenters. The van der Waals surface area contributed by atoms with Gasteiger partial charge in [0.15, 0.2) is 0 Å². The summed E-state index contributed by atoms with van der Waals surface area (Å²) in [6, 6.07) is 2.94. The van der Waals surface area contributed by atoms with Crippen LogP contribution in [0.25, 0.3) is 0 Å². The van der Waals surface area contributed by atoms with Gasteiger partial charge in [-0.15, -0.1) is 11.3 Å². The van der Waals surface area contributed by atoms with Crippen LogP contribution in [-0.2, 0) is 24.2 Å². The van der Waals surface area contributed by atoms with Crippen molar-refractivity contribution >= 4 is 17.2 Å². The zero-order valence-corrected chi connectivity index (χ0v) is 13.3. The minimum atomic E-state index is 0.0462. The largest absolute Gasteiger partial charge is 0.350 e. The average molecular weight is 304 g/mol. The Hall–Kier alpha value is -0.870. The minimum Gasteiger partial charge on any atom is -0.350 e. The van der Waals surface area contributed by atoms with Gasteiger partial charge in [0.25, 0.3) is 0 Å². The van der Waals surface area contributed by atoms with E-state index in [1.807, 2.05) is 11.3 Å². The third-order valence-electron chi connectivity index (χ3n) is 5.41. The summed E-state index contributed by atoms with van der Waals surface area (Å²) in [4.78, 5) is 15.2. The molecule has 0 bridgehead atoms. The van der Waals surface area contributed by atoms with E-state index in [1.54, 1.807) is 4.88 Å². The molecule has 1 aliphatic heterocycles. The monoisotopic (exact) mass is 304 g/mol. The molecule has 3 nitrogen and oxygen atoms in total. The molecule has 2 N–H and O–H groups in total. The minimum absolute atomic E-state index is 0.0462. The summed E-state index contributed by atoms with van der Waals surface area (Å²) in [7, 11) is 0. The highest BCUT2D eigenvalue weighted by atomic mass is 32.1. The smallest absolute Gasteiger partial charge is 0.237 e. The lowest BCUT2D eigenvalue weighted by atomic mass is 9.85. The molecule has 1 saturated carbocycles. The molecular weight excluding hydrogens is 280 g/mol. The lowest BCUT2D eigenvalue weighted by molar-refractivity contribution is -0.123. The maximum Gasteiger partial charge on any atom is 0.237 e. The fraction of sp³-hybridized carbons (Fsp3) is 0.706. The zero-order valence-electron chi connectivity index (χ0n) is 12.5. The van der Waals surface area contributed by atoms with E-state index < -0.39 is 0 Å². The Kier molecular flexibility index (Phi) is 3.76. The van der Waals surface area contributed by atoms with Gasteiger partial charge in [0.05, 0.1) is 12.6 Å². The molecule has 3 atom stereocenters. The molecule has 1 aromatic rings. The van der Waals surface area contributed by atoms with Crippen molar-refractivity contribution in [2.75, 3.05) is 0 Å². The predicted octanol–water partition coefficient (Wildman–Crippen LogP) is 2.77. The number of hydrogen-bond acceptors (Lipinski definition) is 3. The van der Waals surface area contributed by atoms with Crippen LogP contribution >= 0.6 is 11.3 Å². The molecule has 2 heterocycles. The van der Waals surface area contributed by atoms with Crippen molar-refractivity contribution in [3.8, 4) is 0 Å². The summed E-state index contributed by atoms with van der Waals surface area (Å²) < 4.78 is 0. The van der Waals surface area contributed by atoms with Gasteiger partial charge in [-0.1, -0.05) is 12.8 Å². The number of amides is 1. The van der Waals surface area contributed by atoms with Crippen LogP contribution in [0.15, 0.2) is 6.07 Å². The van der Waals surface area contributed by atoms with Gasteiger partial charge in [-0.05, 0) is 56.1 Å². The number of nitrogens with one attached hydrogen (secondary N) is 2. The first kappa shape index (κ1) is 13.8. The van der Waals surface area contributed by atoms with Gasteiger partial charge < -0.3 is 10.6 Å². The molecule has 2 fully saturated rings. The molecule has 0 radical (unpaired) electrons. The molecule has 1 amide bonds. The molecular formula is C17H24N2OS. The van der Waals surface area contributed by atoms with E-state index in [9.17, 15) is 4.79 Å². The van der Waals surface area contributed by atoms with E-state index in [1.165, 1.54) is 55.4 Å². The Bertz CT molecular complexity index is 503. The van der Waals surface area contributed by atoms with Gasteiger partial charge in [0.2, 0.25) is 5.91 Å². The fourth-order valence-electron chi connectivity index (χ4n) is 4.30. The van der Waals surface area contributed by atoms with Gasteiger partial charge in [0, 0.05) is 15.8 Å². The van der Waals surface area contributed by atoms with Crippen LogP contribution in [0.2, 0.25) is 0 Å². The molecule has 2 aliphatic carbocycles. The van der Waals surface area contributed by atoms with Crippen LogP contribution in [0, 0.1) is 5.92 Å². The summed E-state index contributed by atoms with van der Waals surface area (Å²) in [5.41, 5.74) is 1.52. The number of hydrogen-bond donors (Lipinski definition) is 2. The molecule has 0 spiro atoms. The Balaban J connectivity index is 1.31. The summed E-state index contributed by atoms with van der Waals surface area (Å²) in [6.07, 6.45) is 10.0. The number of aryl methyl sites for hydroxylation is 2. The standard InChI is InChI=1S/C17H24N2OS/c20-17(15-9-11-4-1-2-6-14(11)19-15)18-10-13-8-12-5-3-7-16(12)21-13/h8,11,14-15,19H,1-7,9-10H2,(H,18,20). The molecule has 4 heteroatoms. The highest BCUT2D eigenvalue weighted by Crippen LogP contribution is 2.33. The van der Waals surface area contributed by atoms with Crippen LogP contribution in [-0.4, -0.2) is 18.0 Å². The Morgan fingerprint density at radius 2 is 2.19 bits per heavy atom. The highest BCUT2D eigenvalue weighted by molar-refractivity contribution is 7.12. The Morgan fingerprint density at radius 1 is 1.29 bits per heavy atom. The fourth-order valence-corrected chi connectivity index (χ4v) is 5.50. The third-order valence-corrected chi connectivity index (χ3v) is 6.65. The second-order valence-electron chi connectivity index (χ2n) is 6.84. The molecule has 114 valence electrons. The molecule has 0 aromatic carbocycles. The average Bonchev–Trinajstić information content (AvgIpc) is 3.17. The SMILES string of the molecule is O=C(NCc1cc2c(s1)CCC2)C1CC2CCCCC2N1. The van der Waals surface area contributed by atoms with E-state index in [2.05, 4.69) is 16.7 Å². The van der Waals surface area contributed by atoms with Crippen molar-refractivity contribution in [1.29, 1.82) is 0 Å². The van der Waals surface area contributed by atoms with Gasteiger partial charge in [-0.3, -0.25) is 4.79 Å². The summed E-state index contributed by atoms with van der Waals surface area (Å²) >= 11 is 1.89. The molecule has 1 aromatic heterocycles. The molecule has 4 rings (SSSR count). The topological polar surface area (TPSA) is 41.1 Å². The normalized spacial score (nSPS) is 31.0. The van der Waals surface area contributed by atoms with E-state index in [-0.39, 0.29) is 11.9 Å². The van der Waals surface area contributed by atoms with Crippen LogP contribution in [0.5, 0.6) is 0 Å². The van der Waals surface area contributed by atoms with E-state index >= 15 is 0 Å².